The third kappa shape index (κ3) is 2.71. The van der Waals surface area contributed by atoms with Crippen LogP contribution in [0, 0.1) is 5.82 Å². The molecule has 0 saturated heterocycles. The molecule has 2 N–H and O–H groups in total. The van der Waals surface area contributed by atoms with Crippen molar-refractivity contribution >= 4 is 17.4 Å². The van der Waals surface area contributed by atoms with Crippen LogP contribution in [-0.4, -0.2) is 37.3 Å². The maximum absolute atomic E-state index is 13.5. The maximum Gasteiger partial charge on any atom is 0.343 e. The molecule has 0 unspecified atom stereocenters. The molecule has 9 heteroatoms. The molecule has 0 spiro atoms. The van der Waals surface area contributed by atoms with Crippen LogP contribution in [0.25, 0.3) is 5.65 Å². The maximum atomic E-state index is 13.5. The Morgan fingerprint density at radius 1 is 1.46 bits per heavy atom. The van der Waals surface area contributed by atoms with Gasteiger partial charge in [-0.15, -0.1) is 0 Å². The molecule has 3 aromatic rings. The van der Waals surface area contributed by atoms with E-state index in [1.807, 2.05) is 0 Å². The average molecular weight is 357 g/mol. The van der Waals surface area contributed by atoms with Crippen LogP contribution < -0.4 is 5.32 Å². The van der Waals surface area contributed by atoms with Crippen molar-refractivity contribution in [3.05, 3.63) is 47.7 Å². The lowest BCUT2D eigenvalue weighted by Crippen LogP contribution is -2.20. The van der Waals surface area contributed by atoms with Crippen LogP contribution in [0.1, 0.15) is 35.7 Å². The summed E-state index contributed by atoms with van der Waals surface area (Å²) in [5.41, 5.74) is 0.369. The Balaban J connectivity index is 1.68. The lowest BCUT2D eigenvalue weighted by Gasteiger charge is -2.19. The number of esters is 1. The SMILES string of the molecule is CCOC(=O)c1cnn2ccc(NC3(c4cc(F)cnc4O)CC3)nc12. The second kappa shape index (κ2) is 5.94. The summed E-state index contributed by atoms with van der Waals surface area (Å²) in [6, 6.07) is 2.96. The van der Waals surface area contributed by atoms with Crippen molar-refractivity contribution in [2.24, 2.45) is 0 Å². The normalized spacial score (nSPS) is 15.0. The summed E-state index contributed by atoms with van der Waals surface area (Å²) in [5, 5.41) is 17.3. The summed E-state index contributed by atoms with van der Waals surface area (Å²) in [6.45, 7) is 1.98. The number of nitrogens with one attached hydrogen (secondary N) is 1. The molecule has 3 aromatic heterocycles. The molecular formula is C17H16FN5O3. The van der Waals surface area contributed by atoms with Crippen molar-refractivity contribution in [2.75, 3.05) is 11.9 Å². The third-order valence-corrected chi connectivity index (χ3v) is 4.33. The quantitative estimate of drug-likeness (QED) is 0.675. The van der Waals surface area contributed by atoms with Crippen LogP contribution in [0.4, 0.5) is 10.2 Å². The summed E-state index contributed by atoms with van der Waals surface area (Å²) in [7, 11) is 0. The summed E-state index contributed by atoms with van der Waals surface area (Å²) in [4.78, 5) is 20.1. The van der Waals surface area contributed by atoms with Gasteiger partial charge in [0.1, 0.15) is 17.2 Å². The summed E-state index contributed by atoms with van der Waals surface area (Å²) >= 11 is 0. The van der Waals surface area contributed by atoms with E-state index in [1.165, 1.54) is 16.8 Å². The lowest BCUT2D eigenvalue weighted by atomic mass is 10.1. The monoisotopic (exact) mass is 357 g/mol. The summed E-state index contributed by atoms with van der Waals surface area (Å²) in [6.07, 6.45) is 5.43. The van der Waals surface area contributed by atoms with E-state index >= 15 is 0 Å². The minimum atomic E-state index is -0.630. The Morgan fingerprint density at radius 3 is 3.00 bits per heavy atom. The molecule has 0 aromatic carbocycles. The number of hydrogen-bond donors (Lipinski definition) is 2. The van der Waals surface area contributed by atoms with Crippen LogP contribution in [0.15, 0.2) is 30.7 Å². The summed E-state index contributed by atoms with van der Waals surface area (Å²) < 4.78 is 20.0. The molecule has 0 atom stereocenters. The van der Waals surface area contributed by atoms with Crippen molar-refractivity contribution in [2.45, 2.75) is 25.3 Å². The van der Waals surface area contributed by atoms with Crippen LogP contribution in [-0.2, 0) is 10.3 Å². The fraction of sp³-hybridized carbons (Fsp3) is 0.294. The van der Waals surface area contributed by atoms with E-state index in [0.29, 0.717) is 29.9 Å². The van der Waals surface area contributed by atoms with Crippen LogP contribution in [0.2, 0.25) is 0 Å². The number of nitrogens with zero attached hydrogens (tertiary/aromatic N) is 4. The smallest absolute Gasteiger partial charge is 0.343 e. The van der Waals surface area contributed by atoms with Crippen molar-refractivity contribution in [1.29, 1.82) is 0 Å². The number of pyridine rings is 1. The van der Waals surface area contributed by atoms with Gasteiger partial charge in [-0.3, -0.25) is 0 Å². The number of anilines is 1. The van der Waals surface area contributed by atoms with Crippen molar-refractivity contribution in [1.82, 2.24) is 19.6 Å². The van der Waals surface area contributed by atoms with E-state index in [2.05, 4.69) is 20.4 Å². The van der Waals surface area contributed by atoms with Gasteiger partial charge in [0.05, 0.1) is 24.5 Å². The van der Waals surface area contributed by atoms with Crippen molar-refractivity contribution < 1.29 is 19.0 Å². The molecule has 1 saturated carbocycles. The fourth-order valence-corrected chi connectivity index (χ4v) is 2.91. The number of carbonyl (C=O) groups is 1. The Morgan fingerprint density at radius 2 is 2.27 bits per heavy atom. The highest BCUT2D eigenvalue weighted by atomic mass is 19.1. The molecule has 8 nitrogen and oxygen atoms in total. The van der Waals surface area contributed by atoms with Crippen LogP contribution >= 0.6 is 0 Å². The highest BCUT2D eigenvalue weighted by molar-refractivity contribution is 5.95. The van der Waals surface area contributed by atoms with E-state index in [1.54, 1.807) is 19.2 Å². The minimum Gasteiger partial charge on any atom is -0.493 e. The zero-order chi connectivity index (χ0) is 18.3. The number of fused-ring (bicyclic) bond motifs is 1. The first-order valence-electron chi connectivity index (χ1n) is 8.17. The van der Waals surface area contributed by atoms with E-state index in [-0.39, 0.29) is 18.1 Å². The zero-order valence-corrected chi connectivity index (χ0v) is 13.9. The second-order valence-electron chi connectivity index (χ2n) is 6.09. The van der Waals surface area contributed by atoms with E-state index in [4.69, 9.17) is 4.74 Å². The molecule has 0 amide bonds. The van der Waals surface area contributed by atoms with Gasteiger partial charge >= 0.3 is 5.97 Å². The van der Waals surface area contributed by atoms with Gasteiger partial charge in [-0.25, -0.2) is 23.7 Å². The standard InChI is InChI=1S/C17H16FN5O3/c1-2-26-16(25)11-9-20-23-6-3-13(21-14(11)23)22-17(4-5-17)12-7-10(18)8-19-15(12)24/h3,6-9H,2,4-5H2,1H3,(H,19,24)(H,21,22). The summed E-state index contributed by atoms with van der Waals surface area (Å²) in [5.74, 6) is -0.756. The van der Waals surface area contributed by atoms with E-state index in [0.717, 1.165) is 6.20 Å². The first-order valence-corrected chi connectivity index (χ1v) is 8.17. The first kappa shape index (κ1) is 16.2. The zero-order valence-electron chi connectivity index (χ0n) is 13.9. The molecule has 4 rings (SSSR count). The van der Waals surface area contributed by atoms with Gasteiger partial charge in [-0.1, -0.05) is 0 Å². The van der Waals surface area contributed by atoms with Gasteiger partial charge < -0.3 is 15.2 Å². The minimum absolute atomic E-state index is 0.214. The Hall–Kier alpha value is -3.23. The molecule has 134 valence electrons. The molecule has 0 aliphatic heterocycles. The number of ether oxygens (including phenoxy) is 1. The molecule has 0 bridgehead atoms. The number of carbonyl (C=O) groups excluding carboxylic acids is 1. The Labute approximate surface area is 147 Å². The predicted molar refractivity (Wildman–Crippen MR) is 89.3 cm³/mol. The van der Waals surface area contributed by atoms with Gasteiger partial charge in [0.2, 0.25) is 5.88 Å². The lowest BCUT2D eigenvalue weighted by molar-refractivity contribution is 0.0528. The molecule has 1 fully saturated rings. The van der Waals surface area contributed by atoms with Crippen molar-refractivity contribution in [3.8, 4) is 5.88 Å². The molecule has 3 heterocycles. The Kier molecular flexibility index (Phi) is 3.71. The fourth-order valence-electron chi connectivity index (χ4n) is 2.91. The predicted octanol–water partition coefficient (Wildman–Crippen LogP) is 2.25. The van der Waals surface area contributed by atoms with Gasteiger partial charge in [0.25, 0.3) is 0 Å². The largest absolute Gasteiger partial charge is 0.493 e. The number of hydrogen-bond acceptors (Lipinski definition) is 7. The average Bonchev–Trinajstić information content (AvgIpc) is 3.27. The number of rotatable bonds is 5. The number of aromatic hydroxyl groups is 1. The molecule has 1 aliphatic carbocycles. The van der Waals surface area contributed by atoms with E-state index < -0.39 is 17.3 Å². The van der Waals surface area contributed by atoms with Crippen LogP contribution in [0.3, 0.4) is 0 Å². The second-order valence-corrected chi connectivity index (χ2v) is 6.09. The molecular weight excluding hydrogens is 341 g/mol. The Bertz CT molecular complexity index is 999. The van der Waals surface area contributed by atoms with Gasteiger partial charge in [-0.2, -0.15) is 5.10 Å². The topological polar surface area (TPSA) is 102 Å². The van der Waals surface area contributed by atoms with E-state index in [9.17, 15) is 14.3 Å². The third-order valence-electron chi connectivity index (χ3n) is 4.33. The highest BCUT2D eigenvalue weighted by Crippen LogP contribution is 2.50. The number of halogens is 1. The van der Waals surface area contributed by atoms with Crippen molar-refractivity contribution in [3.63, 3.8) is 0 Å². The molecule has 0 radical (unpaired) electrons. The van der Waals surface area contributed by atoms with Crippen LogP contribution in [0.5, 0.6) is 5.88 Å². The highest BCUT2D eigenvalue weighted by Gasteiger charge is 2.47. The molecule has 26 heavy (non-hydrogen) atoms. The first-order chi connectivity index (χ1) is 12.5. The van der Waals surface area contributed by atoms with Gasteiger partial charge in [0, 0.05) is 11.8 Å². The number of aromatic nitrogens is 4. The van der Waals surface area contributed by atoms with Gasteiger partial charge in [0.15, 0.2) is 5.65 Å². The molecule has 1 aliphatic rings. The van der Waals surface area contributed by atoms with Gasteiger partial charge in [-0.05, 0) is 31.9 Å².